The molecule has 0 saturated carbocycles. The number of carboxylic acid groups (broad SMARTS) is 1. The first-order chi connectivity index (χ1) is 8.50. The quantitative estimate of drug-likeness (QED) is 0.816. The van der Waals surface area contributed by atoms with Crippen LogP contribution in [0.3, 0.4) is 0 Å². The highest BCUT2D eigenvalue weighted by Crippen LogP contribution is 2.01. The zero-order valence-corrected chi connectivity index (χ0v) is 10.5. The first-order valence-electron chi connectivity index (χ1n) is 5.61. The number of nitrogens with zero attached hydrogens (tertiary/aromatic N) is 2. The van der Waals surface area contributed by atoms with Crippen molar-refractivity contribution in [3.63, 3.8) is 0 Å². The predicted octanol–water partition coefficient (Wildman–Crippen LogP) is 0.944. The number of carboxylic acids is 1. The van der Waals surface area contributed by atoms with Crippen molar-refractivity contribution in [3.05, 3.63) is 30.1 Å². The maximum absolute atomic E-state index is 11.7. The Kier molecular flexibility index (Phi) is 5.10. The van der Waals surface area contributed by atoms with Crippen molar-refractivity contribution in [2.24, 2.45) is 5.92 Å². The zero-order valence-electron chi connectivity index (χ0n) is 10.5. The molecule has 0 radical (unpaired) electrons. The Labute approximate surface area is 106 Å². The van der Waals surface area contributed by atoms with Crippen LogP contribution < -0.4 is 5.32 Å². The highest BCUT2D eigenvalue weighted by Gasteiger charge is 2.14. The lowest BCUT2D eigenvalue weighted by atomic mass is 10.2. The van der Waals surface area contributed by atoms with Crippen LogP contribution in [0.1, 0.15) is 12.5 Å². The zero-order chi connectivity index (χ0) is 13.5. The van der Waals surface area contributed by atoms with Crippen LogP contribution in [-0.4, -0.2) is 40.6 Å². The molecule has 0 aliphatic carbocycles. The summed E-state index contributed by atoms with van der Waals surface area (Å²) in [7, 11) is 1.65. The van der Waals surface area contributed by atoms with E-state index in [1.807, 2.05) is 12.1 Å². The van der Waals surface area contributed by atoms with Crippen LogP contribution in [0.25, 0.3) is 0 Å². The number of aliphatic carboxylic acids is 1. The molecule has 1 aromatic heterocycles. The first kappa shape index (κ1) is 14.0. The SMILES string of the molecule is CC(CNC(=O)N(C)Cc1ccncc1)C(=O)O. The van der Waals surface area contributed by atoms with Gasteiger partial charge in [0.25, 0.3) is 0 Å². The van der Waals surface area contributed by atoms with E-state index in [-0.39, 0.29) is 12.6 Å². The molecule has 2 N–H and O–H groups in total. The molecule has 1 rings (SSSR count). The van der Waals surface area contributed by atoms with Crippen molar-refractivity contribution in [2.45, 2.75) is 13.5 Å². The van der Waals surface area contributed by atoms with Gasteiger partial charge in [0.15, 0.2) is 0 Å². The molecule has 1 aromatic rings. The maximum atomic E-state index is 11.7. The van der Waals surface area contributed by atoms with E-state index < -0.39 is 11.9 Å². The topological polar surface area (TPSA) is 82.5 Å². The minimum atomic E-state index is -0.924. The smallest absolute Gasteiger partial charge is 0.317 e. The molecule has 0 aliphatic heterocycles. The molecule has 0 spiro atoms. The molecule has 1 atom stereocenters. The Morgan fingerprint density at radius 1 is 1.44 bits per heavy atom. The van der Waals surface area contributed by atoms with Gasteiger partial charge in [0.2, 0.25) is 0 Å². The van der Waals surface area contributed by atoms with E-state index in [0.29, 0.717) is 6.54 Å². The number of pyridine rings is 1. The molecule has 0 saturated heterocycles. The van der Waals surface area contributed by atoms with Crippen LogP contribution in [0.2, 0.25) is 0 Å². The lowest BCUT2D eigenvalue weighted by molar-refractivity contribution is -0.140. The van der Waals surface area contributed by atoms with Crippen molar-refractivity contribution in [1.29, 1.82) is 0 Å². The van der Waals surface area contributed by atoms with Crippen molar-refractivity contribution in [1.82, 2.24) is 15.2 Å². The fraction of sp³-hybridized carbons (Fsp3) is 0.417. The molecule has 6 heteroatoms. The number of carbonyl (C=O) groups excluding carboxylic acids is 1. The van der Waals surface area contributed by atoms with Crippen LogP contribution in [0.15, 0.2) is 24.5 Å². The van der Waals surface area contributed by atoms with E-state index in [1.165, 1.54) is 4.90 Å². The van der Waals surface area contributed by atoms with E-state index in [4.69, 9.17) is 5.11 Å². The summed E-state index contributed by atoms with van der Waals surface area (Å²) in [6.45, 7) is 2.12. The summed E-state index contributed by atoms with van der Waals surface area (Å²) >= 11 is 0. The molecule has 1 unspecified atom stereocenters. The summed E-state index contributed by atoms with van der Waals surface area (Å²) in [6, 6.07) is 3.35. The molecule has 0 aliphatic rings. The Hall–Kier alpha value is -2.11. The second-order valence-electron chi connectivity index (χ2n) is 4.14. The van der Waals surface area contributed by atoms with Crippen LogP contribution in [-0.2, 0) is 11.3 Å². The summed E-state index contributed by atoms with van der Waals surface area (Å²) in [5.74, 6) is -1.52. The maximum Gasteiger partial charge on any atom is 0.317 e. The minimum Gasteiger partial charge on any atom is -0.481 e. The van der Waals surface area contributed by atoms with Gasteiger partial charge in [-0.1, -0.05) is 6.92 Å². The van der Waals surface area contributed by atoms with Gasteiger partial charge in [0.1, 0.15) is 0 Å². The average Bonchev–Trinajstić information content (AvgIpc) is 2.36. The molecule has 0 bridgehead atoms. The van der Waals surface area contributed by atoms with Gasteiger partial charge in [0, 0.05) is 32.5 Å². The number of urea groups is 1. The standard InChI is InChI=1S/C12H17N3O3/c1-9(11(16)17)7-14-12(18)15(2)8-10-3-5-13-6-4-10/h3-6,9H,7-8H2,1-2H3,(H,14,18)(H,16,17). The monoisotopic (exact) mass is 251 g/mol. The Bertz CT molecular complexity index is 408. The summed E-state index contributed by atoms with van der Waals surface area (Å²) in [5, 5.41) is 11.3. The van der Waals surface area contributed by atoms with Gasteiger partial charge >= 0.3 is 12.0 Å². The normalized spacial score (nSPS) is 11.7. The average molecular weight is 251 g/mol. The number of carbonyl (C=O) groups is 2. The van der Waals surface area contributed by atoms with Gasteiger partial charge in [0.05, 0.1) is 5.92 Å². The molecule has 98 valence electrons. The van der Waals surface area contributed by atoms with Crippen LogP contribution in [0, 0.1) is 5.92 Å². The first-order valence-corrected chi connectivity index (χ1v) is 5.61. The van der Waals surface area contributed by atoms with Crippen molar-refractivity contribution < 1.29 is 14.7 Å². The van der Waals surface area contributed by atoms with E-state index in [9.17, 15) is 9.59 Å². The second kappa shape index (κ2) is 6.58. The fourth-order valence-corrected chi connectivity index (χ4v) is 1.30. The molecule has 6 nitrogen and oxygen atoms in total. The third-order valence-corrected chi connectivity index (χ3v) is 2.50. The molecule has 2 amide bonds. The molecule has 1 heterocycles. The second-order valence-corrected chi connectivity index (χ2v) is 4.14. The van der Waals surface area contributed by atoms with Gasteiger partial charge in [-0.15, -0.1) is 0 Å². The van der Waals surface area contributed by atoms with Gasteiger partial charge in [-0.3, -0.25) is 9.78 Å². The molecular weight excluding hydrogens is 234 g/mol. The van der Waals surface area contributed by atoms with Crippen LogP contribution in [0.5, 0.6) is 0 Å². The molecule has 0 aromatic carbocycles. The molecule has 0 fully saturated rings. The molecule has 18 heavy (non-hydrogen) atoms. The number of amides is 2. The lowest BCUT2D eigenvalue weighted by Gasteiger charge is -2.18. The Morgan fingerprint density at radius 3 is 2.61 bits per heavy atom. The van der Waals surface area contributed by atoms with Crippen molar-refractivity contribution in [3.8, 4) is 0 Å². The predicted molar refractivity (Wildman–Crippen MR) is 65.9 cm³/mol. The number of hydrogen-bond donors (Lipinski definition) is 2. The lowest BCUT2D eigenvalue weighted by Crippen LogP contribution is -2.40. The van der Waals surface area contributed by atoms with Crippen molar-refractivity contribution in [2.75, 3.05) is 13.6 Å². The van der Waals surface area contributed by atoms with E-state index in [0.717, 1.165) is 5.56 Å². The minimum absolute atomic E-state index is 0.120. The third kappa shape index (κ3) is 4.40. The van der Waals surface area contributed by atoms with E-state index in [2.05, 4.69) is 10.3 Å². The van der Waals surface area contributed by atoms with Crippen molar-refractivity contribution >= 4 is 12.0 Å². The number of aromatic nitrogens is 1. The number of hydrogen-bond acceptors (Lipinski definition) is 3. The summed E-state index contributed by atoms with van der Waals surface area (Å²) in [4.78, 5) is 27.7. The van der Waals surface area contributed by atoms with Gasteiger partial charge in [-0.2, -0.15) is 0 Å². The molecular formula is C12H17N3O3. The highest BCUT2D eigenvalue weighted by molar-refractivity contribution is 5.75. The summed E-state index contributed by atoms with van der Waals surface area (Å²) < 4.78 is 0. The van der Waals surface area contributed by atoms with Crippen LogP contribution in [0.4, 0.5) is 4.79 Å². The third-order valence-electron chi connectivity index (χ3n) is 2.50. The van der Waals surface area contributed by atoms with Gasteiger partial charge in [-0.05, 0) is 17.7 Å². The summed E-state index contributed by atoms with van der Waals surface area (Å²) in [5.41, 5.74) is 0.967. The van der Waals surface area contributed by atoms with Crippen LogP contribution >= 0.6 is 0 Å². The Balaban J connectivity index is 2.40. The largest absolute Gasteiger partial charge is 0.481 e. The highest BCUT2D eigenvalue weighted by atomic mass is 16.4. The van der Waals surface area contributed by atoms with Gasteiger partial charge < -0.3 is 15.3 Å². The van der Waals surface area contributed by atoms with E-state index in [1.54, 1.807) is 26.4 Å². The number of nitrogens with one attached hydrogen (secondary N) is 1. The summed E-state index contributed by atoms with van der Waals surface area (Å²) in [6.07, 6.45) is 3.32. The fourth-order valence-electron chi connectivity index (χ4n) is 1.30. The Morgan fingerprint density at radius 2 is 2.06 bits per heavy atom. The number of rotatable bonds is 5. The van der Waals surface area contributed by atoms with Gasteiger partial charge in [-0.25, -0.2) is 4.79 Å². The van der Waals surface area contributed by atoms with E-state index >= 15 is 0 Å².